The number of hydrogen-bond donors (Lipinski definition) is 1. The minimum atomic E-state index is 0.779. The molecule has 0 heterocycles. The van der Waals surface area contributed by atoms with Crippen LogP contribution in [0.2, 0.25) is 5.02 Å². The molecule has 1 aliphatic carbocycles. The minimum Gasteiger partial charge on any atom is -0.402 e. The molecule has 0 aromatic heterocycles. The Morgan fingerprint density at radius 2 is 1.77 bits per heavy atom. The Morgan fingerprint density at radius 3 is 2.31 bits per heavy atom. The molecule has 0 amide bonds. The summed E-state index contributed by atoms with van der Waals surface area (Å²) in [6, 6.07) is 7.90. The first-order valence-electron chi connectivity index (χ1n) is 4.51. The van der Waals surface area contributed by atoms with E-state index in [1.165, 1.54) is 17.6 Å². The predicted octanol–water partition coefficient (Wildman–Crippen LogP) is 3.19. The van der Waals surface area contributed by atoms with Crippen molar-refractivity contribution >= 4 is 17.2 Å². The normalized spacial score (nSPS) is 16.7. The van der Waals surface area contributed by atoms with Crippen molar-refractivity contribution in [2.45, 2.75) is 19.3 Å². The van der Waals surface area contributed by atoms with Crippen molar-refractivity contribution in [3.8, 4) is 0 Å². The molecule has 1 aromatic rings. The monoisotopic (exact) mass is 193 g/mol. The van der Waals surface area contributed by atoms with Crippen LogP contribution in [0.4, 0.5) is 0 Å². The molecule has 0 fully saturated rings. The summed E-state index contributed by atoms with van der Waals surface area (Å²) >= 11 is 5.81. The zero-order valence-corrected chi connectivity index (χ0v) is 8.14. The fraction of sp³-hybridized carbons (Fsp3) is 0.273. The summed E-state index contributed by atoms with van der Waals surface area (Å²) < 4.78 is 0. The van der Waals surface area contributed by atoms with Gasteiger partial charge in [0.05, 0.1) is 0 Å². The van der Waals surface area contributed by atoms with Crippen molar-refractivity contribution in [2.24, 2.45) is 5.73 Å². The molecule has 0 saturated carbocycles. The van der Waals surface area contributed by atoms with E-state index in [1.54, 1.807) is 0 Å². The molecule has 0 bridgehead atoms. The van der Waals surface area contributed by atoms with Gasteiger partial charge in [-0.1, -0.05) is 23.7 Å². The summed E-state index contributed by atoms with van der Waals surface area (Å²) in [5.74, 6) is 0. The van der Waals surface area contributed by atoms with Crippen LogP contribution in [0.1, 0.15) is 24.8 Å². The lowest BCUT2D eigenvalue weighted by atomic mass is 10.1. The van der Waals surface area contributed by atoms with Crippen LogP contribution >= 0.6 is 11.6 Å². The Hall–Kier alpha value is -0.950. The van der Waals surface area contributed by atoms with E-state index >= 15 is 0 Å². The second-order valence-corrected chi connectivity index (χ2v) is 3.80. The molecule has 1 aliphatic rings. The molecule has 2 heteroatoms. The standard InChI is InChI=1S/C11H12ClN/c12-9-6-4-8(5-7-9)10-2-1-3-11(10)13/h4-7H,1-3,13H2. The predicted molar refractivity (Wildman–Crippen MR) is 56.4 cm³/mol. The molecule has 1 nitrogen and oxygen atoms in total. The Labute approximate surface area is 83.2 Å². The molecule has 0 unspecified atom stereocenters. The smallest absolute Gasteiger partial charge is 0.0406 e. The summed E-state index contributed by atoms with van der Waals surface area (Å²) in [5.41, 5.74) is 9.46. The van der Waals surface area contributed by atoms with Gasteiger partial charge in [0.25, 0.3) is 0 Å². The number of nitrogens with two attached hydrogens (primary N) is 1. The minimum absolute atomic E-state index is 0.779. The van der Waals surface area contributed by atoms with Gasteiger partial charge in [0.1, 0.15) is 0 Å². The molecule has 13 heavy (non-hydrogen) atoms. The van der Waals surface area contributed by atoms with Crippen LogP contribution in [0.3, 0.4) is 0 Å². The van der Waals surface area contributed by atoms with Gasteiger partial charge in [-0.3, -0.25) is 0 Å². The maximum atomic E-state index is 5.90. The molecule has 2 rings (SSSR count). The molecular formula is C11H12ClN. The van der Waals surface area contributed by atoms with Crippen molar-refractivity contribution in [2.75, 3.05) is 0 Å². The van der Waals surface area contributed by atoms with Gasteiger partial charge in [-0.05, 0) is 42.5 Å². The molecular weight excluding hydrogens is 182 g/mol. The van der Waals surface area contributed by atoms with E-state index in [0.29, 0.717) is 0 Å². The highest BCUT2D eigenvalue weighted by atomic mass is 35.5. The van der Waals surface area contributed by atoms with Crippen LogP contribution in [-0.4, -0.2) is 0 Å². The van der Waals surface area contributed by atoms with Gasteiger partial charge in [-0.25, -0.2) is 0 Å². The van der Waals surface area contributed by atoms with E-state index in [-0.39, 0.29) is 0 Å². The number of hydrogen-bond acceptors (Lipinski definition) is 1. The van der Waals surface area contributed by atoms with Crippen LogP contribution in [-0.2, 0) is 0 Å². The first-order valence-corrected chi connectivity index (χ1v) is 4.88. The summed E-state index contributed by atoms with van der Waals surface area (Å²) in [6.45, 7) is 0. The van der Waals surface area contributed by atoms with Crippen molar-refractivity contribution in [3.63, 3.8) is 0 Å². The van der Waals surface area contributed by atoms with E-state index < -0.39 is 0 Å². The topological polar surface area (TPSA) is 26.0 Å². The lowest BCUT2D eigenvalue weighted by Gasteiger charge is -2.03. The largest absolute Gasteiger partial charge is 0.402 e. The van der Waals surface area contributed by atoms with Gasteiger partial charge in [-0.15, -0.1) is 0 Å². The summed E-state index contributed by atoms with van der Waals surface area (Å²) in [4.78, 5) is 0. The summed E-state index contributed by atoms with van der Waals surface area (Å²) in [6.07, 6.45) is 3.33. The fourth-order valence-electron chi connectivity index (χ4n) is 1.75. The van der Waals surface area contributed by atoms with Crippen molar-refractivity contribution in [1.29, 1.82) is 0 Å². The van der Waals surface area contributed by atoms with Crippen LogP contribution in [0.5, 0.6) is 0 Å². The molecule has 68 valence electrons. The van der Waals surface area contributed by atoms with Crippen molar-refractivity contribution in [3.05, 3.63) is 40.5 Å². The van der Waals surface area contributed by atoms with E-state index in [2.05, 4.69) is 0 Å². The van der Waals surface area contributed by atoms with Gasteiger partial charge < -0.3 is 5.73 Å². The molecule has 0 saturated heterocycles. The first kappa shape index (κ1) is 8.64. The Kier molecular flexibility index (Phi) is 2.28. The molecule has 2 N–H and O–H groups in total. The highest BCUT2D eigenvalue weighted by Gasteiger charge is 2.12. The zero-order chi connectivity index (χ0) is 9.26. The average molecular weight is 194 g/mol. The first-order chi connectivity index (χ1) is 6.27. The van der Waals surface area contributed by atoms with Crippen molar-refractivity contribution < 1.29 is 0 Å². The van der Waals surface area contributed by atoms with E-state index in [9.17, 15) is 0 Å². The second-order valence-electron chi connectivity index (χ2n) is 3.36. The molecule has 1 aromatic carbocycles. The maximum Gasteiger partial charge on any atom is 0.0406 e. The van der Waals surface area contributed by atoms with Crippen molar-refractivity contribution in [1.82, 2.24) is 0 Å². The molecule has 0 atom stereocenters. The third-order valence-electron chi connectivity index (χ3n) is 2.45. The van der Waals surface area contributed by atoms with Crippen LogP contribution < -0.4 is 5.73 Å². The van der Waals surface area contributed by atoms with Gasteiger partial charge in [0.2, 0.25) is 0 Å². The number of halogens is 1. The van der Waals surface area contributed by atoms with E-state index in [0.717, 1.165) is 23.6 Å². The number of benzene rings is 1. The summed E-state index contributed by atoms with van der Waals surface area (Å²) in [5, 5.41) is 0.779. The van der Waals surface area contributed by atoms with Crippen LogP contribution in [0, 0.1) is 0 Å². The van der Waals surface area contributed by atoms with Crippen LogP contribution in [0.25, 0.3) is 5.57 Å². The Morgan fingerprint density at radius 1 is 1.08 bits per heavy atom. The Bertz CT molecular complexity index is 338. The summed E-state index contributed by atoms with van der Waals surface area (Å²) in [7, 11) is 0. The average Bonchev–Trinajstić information content (AvgIpc) is 2.53. The zero-order valence-electron chi connectivity index (χ0n) is 7.39. The second kappa shape index (κ2) is 3.43. The fourth-order valence-corrected chi connectivity index (χ4v) is 1.87. The molecule has 0 aliphatic heterocycles. The highest BCUT2D eigenvalue weighted by Crippen LogP contribution is 2.31. The lowest BCUT2D eigenvalue weighted by Crippen LogP contribution is -1.95. The quantitative estimate of drug-likeness (QED) is 0.729. The number of rotatable bonds is 1. The SMILES string of the molecule is NC1=C(c2ccc(Cl)cc2)CCC1. The molecule has 0 spiro atoms. The highest BCUT2D eigenvalue weighted by molar-refractivity contribution is 6.30. The third kappa shape index (κ3) is 1.70. The van der Waals surface area contributed by atoms with E-state index in [4.69, 9.17) is 17.3 Å². The Balaban J connectivity index is 2.36. The van der Waals surface area contributed by atoms with Gasteiger partial charge >= 0.3 is 0 Å². The van der Waals surface area contributed by atoms with E-state index in [1.807, 2.05) is 24.3 Å². The maximum absolute atomic E-state index is 5.90. The third-order valence-corrected chi connectivity index (χ3v) is 2.71. The lowest BCUT2D eigenvalue weighted by molar-refractivity contribution is 0.903. The van der Waals surface area contributed by atoms with Gasteiger partial charge in [-0.2, -0.15) is 0 Å². The van der Waals surface area contributed by atoms with Crippen LogP contribution in [0.15, 0.2) is 30.0 Å². The van der Waals surface area contributed by atoms with Gasteiger partial charge in [0, 0.05) is 10.7 Å². The molecule has 0 radical (unpaired) electrons. The van der Waals surface area contributed by atoms with Gasteiger partial charge in [0.15, 0.2) is 0 Å². The number of allylic oxidation sites excluding steroid dienone is 2.